The first-order chi connectivity index (χ1) is 15.4. The molecule has 0 aliphatic heterocycles. The molecular weight excluding hydrogens is 424 g/mol. The molecule has 0 unspecified atom stereocenters. The zero-order valence-corrected chi connectivity index (χ0v) is 20.0. The van der Waals surface area contributed by atoms with Crippen LogP contribution in [0.1, 0.15) is 55.7 Å². The summed E-state index contributed by atoms with van der Waals surface area (Å²) in [4.78, 5) is 28.0. The summed E-state index contributed by atoms with van der Waals surface area (Å²) in [6.07, 6.45) is 4.83. The minimum atomic E-state index is -0.541. The molecule has 1 N–H and O–H groups in total. The third kappa shape index (κ3) is 6.26. The van der Waals surface area contributed by atoms with Gasteiger partial charge in [0.2, 0.25) is 5.91 Å². The fourth-order valence-corrected chi connectivity index (χ4v) is 4.39. The summed E-state index contributed by atoms with van der Waals surface area (Å²) in [6.45, 7) is 5.98. The quantitative estimate of drug-likeness (QED) is 0.564. The van der Waals surface area contributed by atoms with Crippen molar-refractivity contribution in [2.75, 3.05) is 6.61 Å². The highest BCUT2D eigenvalue weighted by atomic mass is 35.5. The summed E-state index contributed by atoms with van der Waals surface area (Å²) in [5, 5.41) is 3.86. The second-order valence-corrected chi connectivity index (χ2v) is 8.96. The standard InChI is InChI=1S/C26H33ClN2O3/c1-4-23(26(31)28-21-12-8-9-13-21)29(16-20-10-6-5-7-11-20)24(30)17-32-22-14-18(2)25(27)19(3)15-22/h5-7,10-11,14-15,21,23H,4,8-9,12-13,16-17H2,1-3H3,(H,28,31)/t23-/m1/s1. The van der Waals surface area contributed by atoms with Gasteiger partial charge in [-0.3, -0.25) is 9.59 Å². The van der Waals surface area contributed by atoms with Gasteiger partial charge in [0, 0.05) is 17.6 Å². The molecule has 172 valence electrons. The van der Waals surface area contributed by atoms with Crippen LogP contribution in [0.3, 0.4) is 0 Å². The average Bonchev–Trinajstić information content (AvgIpc) is 3.29. The number of ether oxygens (including phenoxy) is 1. The van der Waals surface area contributed by atoms with Gasteiger partial charge in [-0.05, 0) is 61.9 Å². The summed E-state index contributed by atoms with van der Waals surface area (Å²) in [7, 11) is 0. The first kappa shape index (κ1) is 24.1. The number of nitrogens with one attached hydrogen (secondary N) is 1. The van der Waals surface area contributed by atoms with Crippen molar-refractivity contribution in [1.82, 2.24) is 10.2 Å². The second-order valence-electron chi connectivity index (χ2n) is 8.58. The van der Waals surface area contributed by atoms with E-state index in [9.17, 15) is 9.59 Å². The minimum Gasteiger partial charge on any atom is -0.484 e. The van der Waals surface area contributed by atoms with Gasteiger partial charge >= 0.3 is 0 Å². The van der Waals surface area contributed by atoms with Crippen LogP contribution >= 0.6 is 11.6 Å². The van der Waals surface area contributed by atoms with Crippen molar-refractivity contribution in [3.05, 3.63) is 64.2 Å². The molecule has 0 radical (unpaired) electrons. The van der Waals surface area contributed by atoms with Gasteiger partial charge in [0.1, 0.15) is 11.8 Å². The Hall–Kier alpha value is -2.53. The molecule has 0 aromatic heterocycles. The molecule has 2 amide bonds. The Morgan fingerprint density at radius 2 is 1.75 bits per heavy atom. The predicted octanol–water partition coefficient (Wildman–Crippen LogP) is 5.20. The lowest BCUT2D eigenvalue weighted by molar-refractivity contribution is -0.143. The van der Waals surface area contributed by atoms with Crippen LogP contribution in [-0.4, -0.2) is 35.4 Å². The number of amides is 2. The molecular formula is C26H33ClN2O3. The molecule has 1 atom stereocenters. The minimum absolute atomic E-state index is 0.0816. The number of rotatable bonds is 9. The lowest BCUT2D eigenvalue weighted by atomic mass is 10.1. The lowest BCUT2D eigenvalue weighted by Crippen LogP contribution is -2.52. The van der Waals surface area contributed by atoms with Crippen molar-refractivity contribution in [1.29, 1.82) is 0 Å². The van der Waals surface area contributed by atoms with E-state index in [1.807, 2.05) is 63.2 Å². The zero-order valence-electron chi connectivity index (χ0n) is 19.2. The van der Waals surface area contributed by atoms with Crippen molar-refractivity contribution in [3.8, 4) is 5.75 Å². The molecule has 0 spiro atoms. The third-order valence-corrected chi connectivity index (χ3v) is 6.65. The van der Waals surface area contributed by atoms with E-state index < -0.39 is 6.04 Å². The van der Waals surface area contributed by atoms with Crippen molar-refractivity contribution >= 4 is 23.4 Å². The molecule has 1 saturated carbocycles. The van der Waals surface area contributed by atoms with E-state index in [1.54, 1.807) is 4.90 Å². The Labute approximate surface area is 196 Å². The van der Waals surface area contributed by atoms with E-state index in [-0.39, 0.29) is 24.5 Å². The highest BCUT2D eigenvalue weighted by molar-refractivity contribution is 6.32. The van der Waals surface area contributed by atoms with E-state index in [1.165, 1.54) is 0 Å². The van der Waals surface area contributed by atoms with Crippen LogP contribution in [0.5, 0.6) is 5.75 Å². The molecule has 0 bridgehead atoms. The average molecular weight is 457 g/mol. The van der Waals surface area contributed by atoms with Crippen LogP contribution < -0.4 is 10.1 Å². The van der Waals surface area contributed by atoms with E-state index in [4.69, 9.17) is 16.3 Å². The molecule has 0 saturated heterocycles. The normalized spacial score (nSPS) is 14.8. The van der Waals surface area contributed by atoms with Gasteiger partial charge in [0.25, 0.3) is 5.91 Å². The number of aryl methyl sites for hydroxylation is 2. The van der Waals surface area contributed by atoms with E-state index in [2.05, 4.69) is 5.32 Å². The van der Waals surface area contributed by atoms with Crippen molar-refractivity contribution in [2.24, 2.45) is 0 Å². The number of benzene rings is 2. The number of hydrogen-bond donors (Lipinski definition) is 1. The molecule has 6 heteroatoms. The molecule has 0 heterocycles. The molecule has 2 aromatic carbocycles. The Morgan fingerprint density at radius 3 is 2.34 bits per heavy atom. The fourth-order valence-electron chi connectivity index (χ4n) is 4.28. The van der Waals surface area contributed by atoms with Gasteiger partial charge in [-0.1, -0.05) is 61.7 Å². The number of halogens is 1. The van der Waals surface area contributed by atoms with Crippen LogP contribution in [0.2, 0.25) is 5.02 Å². The van der Waals surface area contributed by atoms with Crippen LogP contribution in [0.4, 0.5) is 0 Å². The van der Waals surface area contributed by atoms with Gasteiger partial charge < -0.3 is 15.0 Å². The topological polar surface area (TPSA) is 58.6 Å². The smallest absolute Gasteiger partial charge is 0.261 e. The van der Waals surface area contributed by atoms with E-state index in [0.29, 0.717) is 23.7 Å². The van der Waals surface area contributed by atoms with Crippen LogP contribution in [-0.2, 0) is 16.1 Å². The maximum absolute atomic E-state index is 13.3. The van der Waals surface area contributed by atoms with E-state index >= 15 is 0 Å². The SMILES string of the molecule is CC[C@H](C(=O)NC1CCCC1)N(Cc1ccccc1)C(=O)COc1cc(C)c(Cl)c(C)c1. The summed E-state index contributed by atoms with van der Waals surface area (Å²) in [6, 6.07) is 13.1. The van der Waals surface area contributed by atoms with Crippen LogP contribution in [0.25, 0.3) is 0 Å². The number of carbonyl (C=O) groups excluding carboxylic acids is 2. The van der Waals surface area contributed by atoms with Gasteiger partial charge in [-0.25, -0.2) is 0 Å². The molecule has 5 nitrogen and oxygen atoms in total. The summed E-state index contributed by atoms with van der Waals surface area (Å²) in [5.74, 6) is 0.301. The van der Waals surface area contributed by atoms with Crippen LogP contribution in [0.15, 0.2) is 42.5 Å². The molecule has 1 fully saturated rings. The summed E-state index contributed by atoms with van der Waals surface area (Å²) >= 11 is 6.24. The second kappa shape index (κ2) is 11.4. The van der Waals surface area contributed by atoms with E-state index in [0.717, 1.165) is 42.4 Å². The Kier molecular flexibility index (Phi) is 8.57. The van der Waals surface area contributed by atoms with Gasteiger partial charge in [-0.2, -0.15) is 0 Å². The molecule has 3 rings (SSSR count). The monoisotopic (exact) mass is 456 g/mol. The lowest BCUT2D eigenvalue weighted by Gasteiger charge is -2.31. The van der Waals surface area contributed by atoms with Crippen molar-refractivity contribution in [2.45, 2.75) is 71.5 Å². The maximum Gasteiger partial charge on any atom is 0.261 e. The predicted molar refractivity (Wildman–Crippen MR) is 128 cm³/mol. The third-order valence-electron chi connectivity index (χ3n) is 6.06. The van der Waals surface area contributed by atoms with Gasteiger partial charge in [-0.15, -0.1) is 0 Å². The fraction of sp³-hybridized carbons (Fsp3) is 0.462. The summed E-state index contributed by atoms with van der Waals surface area (Å²) < 4.78 is 5.83. The highest BCUT2D eigenvalue weighted by Crippen LogP contribution is 2.26. The number of carbonyl (C=O) groups is 2. The molecule has 1 aliphatic carbocycles. The Bertz CT molecular complexity index is 903. The Morgan fingerprint density at radius 1 is 1.12 bits per heavy atom. The zero-order chi connectivity index (χ0) is 23.1. The summed E-state index contributed by atoms with van der Waals surface area (Å²) in [5.41, 5.74) is 2.78. The molecule has 1 aliphatic rings. The molecule has 32 heavy (non-hydrogen) atoms. The van der Waals surface area contributed by atoms with Crippen molar-refractivity contribution < 1.29 is 14.3 Å². The Balaban J connectivity index is 1.75. The van der Waals surface area contributed by atoms with Crippen LogP contribution in [0, 0.1) is 13.8 Å². The first-order valence-electron chi connectivity index (χ1n) is 11.4. The van der Waals surface area contributed by atoms with Gasteiger partial charge in [0.05, 0.1) is 0 Å². The van der Waals surface area contributed by atoms with Gasteiger partial charge in [0.15, 0.2) is 6.61 Å². The molecule has 2 aromatic rings. The highest BCUT2D eigenvalue weighted by Gasteiger charge is 2.30. The first-order valence-corrected chi connectivity index (χ1v) is 11.8. The number of nitrogens with zero attached hydrogens (tertiary/aromatic N) is 1. The maximum atomic E-state index is 13.3. The largest absolute Gasteiger partial charge is 0.484 e. The number of hydrogen-bond acceptors (Lipinski definition) is 3. The van der Waals surface area contributed by atoms with Crippen molar-refractivity contribution in [3.63, 3.8) is 0 Å².